The summed E-state index contributed by atoms with van der Waals surface area (Å²) in [6.45, 7) is 3.45. The van der Waals surface area contributed by atoms with Gasteiger partial charge in [-0.25, -0.2) is 0 Å². The molecule has 0 aliphatic carbocycles. The third-order valence-electron chi connectivity index (χ3n) is 2.02. The minimum absolute atomic E-state index is 0.148. The molecule has 0 aromatic heterocycles. The van der Waals surface area contributed by atoms with E-state index in [-0.39, 0.29) is 6.04 Å². The van der Waals surface area contributed by atoms with Crippen molar-refractivity contribution in [3.63, 3.8) is 0 Å². The molecule has 15 heavy (non-hydrogen) atoms. The third-order valence-corrected chi connectivity index (χ3v) is 2.26. The lowest BCUT2D eigenvalue weighted by Crippen LogP contribution is -2.30. The number of rotatable bonds is 5. The van der Waals surface area contributed by atoms with E-state index >= 15 is 0 Å². The zero-order chi connectivity index (χ0) is 11.3. The highest BCUT2D eigenvalue weighted by Gasteiger charge is 2.03. The Bertz CT molecular complexity index is 315. The Morgan fingerprint density at radius 2 is 2.27 bits per heavy atom. The number of hydrogen-bond donors (Lipinski definition) is 2. The smallest absolute Gasteiger partial charge is 0.123 e. The second-order valence-corrected chi connectivity index (χ2v) is 4.00. The van der Waals surface area contributed by atoms with Crippen molar-refractivity contribution >= 4 is 11.6 Å². The number of nitrogens with two attached hydrogens (primary N) is 1. The predicted octanol–water partition coefficient (Wildman–Crippen LogP) is 1.79. The molecule has 0 saturated carbocycles. The van der Waals surface area contributed by atoms with Crippen LogP contribution in [0.5, 0.6) is 5.75 Å². The van der Waals surface area contributed by atoms with Gasteiger partial charge in [-0.15, -0.1) is 0 Å². The lowest BCUT2D eigenvalue weighted by molar-refractivity contribution is 0.407. The van der Waals surface area contributed by atoms with Crippen LogP contribution in [0.1, 0.15) is 12.5 Å². The van der Waals surface area contributed by atoms with Gasteiger partial charge in [0.05, 0.1) is 7.11 Å². The van der Waals surface area contributed by atoms with E-state index in [0.29, 0.717) is 11.6 Å². The second kappa shape index (κ2) is 5.95. The van der Waals surface area contributed by atoms with Gasteiger partial charge in [-0.3, -0.25) is 0 Å². The van der Waals surface area contributed by atoms with Crippen molar-refractivity contribution in [2.75, 3.05) is 13.7 Å². The Kier molecular flexibility index (Phi) is 4.88. The summed E-state index contributed by atoms with van der Waals surface area (Å²) in [5.74, 6) is 0.844. The molecule has 0 amide bonds. The molecular formula is C11H17ClN2O. The van der Waals surface area contributed by atoms with Gasteiger partial charge in [0.2, 0.25) is 0 Å². The van der Waals surface area contributed by atoms with Crippen molar-refractivity contribution in [1.29, 1.82) is 0 Å². The van der Waals surface area contributed by atoms with Crippen molar-refractivity contribution in [1.82, 2.24) is 5.32 Å². The molecule has 0 radical (unpaired) electrons. The monoisotopic (exact) mass is 228 g/mol. The molecule has 0 aliphatic heterocycles. The number of nitrogens with one attached hydrogen (secondary N) is 1. The second-order valence-electron chi connectivity index (χ2n) is 3.56. The Hall–Kier alpha value is -0.770. The molecule has 0 saturated heterocycles. The number of hydrogen-bond acceptors (Lipinski definition) is 3. The van der Waals surface area contributed by atoms with Crippen molar-refractivity contribution < 1.29 is 4.74 Å². The molecular weight excluding hydrogens is 212 g/mol. The maximum Gasteiger partial charge on any atom is 0.123 e. The fraction of sp³-hybridized carbons (Fsp3) is 0.455. The minimum atomic E-state index is 0.148. The summed E-state index contributed by atoms with van der Waals surface area (Å²) in [4.78, 5) is 0. The summed E-state index contributed by atoms with van der Waals surface area (Å²) >= 11 is 5.91. The van der Waals surface area contributed by atoms with E-state index in [4.69, 9.17) is 22.1 Å². The first-order valence-corrected chi connectivity index (χ1v) is 5.30. The van der Waals surface area contributed by atoms with Gasteiger partial charge in [-0.1, -0.05) is 11.6 Å². The summed E-state index contributed by atoms with van der Waals surface area (Å²) in [6.07, 6.45) is 0. The van der Waals surface area contributed by atoms with Crippen LogP contribution in [0.25, 0.3) is 0 Å². The first-order chi connectivity index (χ1) is 7.13. The summed E-state index contributed by atoms with van der Waals surface area (Å²) in [5.41, 5.74) is 6.68. The van der Waals surface area contributed by atoms with E-state index in [0.717, 1.165) is 17.9 Å². The van der Waals surface area contributed by atoms with Crippen LogP contribution in [0.4, 0.5) is 0 Å². The lowest BCUT2D eigenvalue weighted by atomic mass is 10.2. The zero-order valence-corrected chi connectivity index (χ0v) is 9.84. The number of halogens is 1. The average molecular weight is 229 g/mol. The molecule has 1 unspecified atom stereocenters. The zero-order valence-electron chi connectivity index (χ0n) is 9.09. The van der Waals surface area contributed by atoms with E-state index in [1.807, 2.05) is 25.1 Å². The van der Waals surface area contributed by atoms with Crippen molar-refractivity contribution in [3.8, 4) is 5.75 Å². The SMILES string of the molecule is COc1ccc(Cl)cc1CNCC(C)N. The van der Waals surface area contributed by atoms with Gasteiger partial charge in [0.25, 0.3) is 0 Å². The largest absolute Gasteiger partial charge is 0.496 e. The van der Waals surface area contributed by atoms with E-state index in [2.05, 4.69) is 5.32 Å². The number of methoxy groups -OCH3 is 1. The molecule has 0 fully saturated rings. The molecule has 3 N–H and O–H groups in total. The molecule has 4 heteroatoms. The highest BCUT2D eigenvalue weighted by atomic mass is 35.5. The van der Waals surface area contributed by atoms with Gasteiger partial charge in [-0.05, 0) is 25.1 Å². The first-order valence-electron chi connectivity index (χ1n) is 4.92. The summed E-state index contributed by atoms with van der Waals surface area (Å²) in [6, 6.07) is 5.73. The van der Waals surface area contributed by atoms with Gasteiger partial charge in [-0.2, -0.15) is 0 Å². The fourth-order valence-electron chi connectivity index (χ4n) is 1.32. The van der Waals surface area contributed by atoms with Crippen LogP contribution in [-0.2, 0) is 6.54 Å². The normalized spacial score (nSPS) is 12.5. The molecule has 1 aromatic carbocycles. The fourth-order valence-corrected chi connectivity index (χ4v) is 1.51. The summed E-state index contributed by atoms with van der Waals surface area (Å²) in [5, 5.41) is 3.96. The average Bonchev–Trinajstić information content (AvgIpc) is 2.17. The molecule has 84 valence electrons. The highest BCUT2D eigenvalue weighted by Crippen LogP contribution is 2.22. The minimum Gasteiger partial charge on any atom is -0.496 e. The first kappa shape index (κ1) is 12.3. The van der Waals surface area contributed by atoms with Crippen molar-refractivity contribution in [2.45, 2.75) is 19.5 Å². The van der Waals surface area contributed by atoms with Crippen LogP contribution in [0.15, 0.2) is 18.2 Å². The van der Waals surface area contributed by atoms with E-state index in [1.54, 1.807) is 7.11 Å². The topological polar surface area (TPSA) is 47.3 Å². The third kappa shape index (κ3) is 4.08. The molecule has 3 nitrogen and oxygen atoms in total. The molecule has 1 aromatic rings. The Labute approximate surface area is 95.6 Å². The van der Waals surface area contributed by atoms with Crippen molar-refractivity contribution in [2.24, 2.45) is 5.73 Å². The Balaban J connectivity index is 2.62. The van der Waals surface area contributed by atoms with Crippen LogP contribution in [-0.4, -0.2) is 19.7 Å². The van der Waals surface area contributed by atoms with Gasteiger partial charge < -0.3 is 15.8 Å². The quantitative estimate of drug-likeness (QED) is 0.808. The molecule has 0 aliphatic rings. The van der Waals surface area contributed by atoms with Crippen LogP contribution in [0.3, 0.4) is 0 Å². The maximum atomic E-state index is 5.91. The van der Waals surface area contributed by atoms with Gasteiger partial charge in [0.15, 0.2) is 0 Å². The van der Waals surface area contributed by atoms with Crippen LogP contribution in [0.2, 0.25) is 5.02 Å². The van der Waals surface area contributed by atoms with Crippen molar-refractivity contribution in [3.05, 3.63) is 28.8 Å². The Morgan fingerprint density at radius 3 is 2.87 bits per heavy atom. The van der Waals surface area contributed by atoms with Gasteiger partial charge in [0, 0.05) is 29.7 Å². The molecule has 1 rings (SSSR count). The molecule has 0 bridgehead atoms. The maximum absolute atomic E-state index is 5.91. The lowest BCUT2D eigenvalue weighted by Gasteiger charge is -2.11. The highest BCUT2D eigenvalue weighted by molar-refractivity contribution is 6.30. The Morgan fingerprint density at radius 1 is 1.53 bits per heavy atom. The standard InChI is InChI=1S/C11H17ClN2O/c1-8(13)6-14-7-9-5-10(12)3-4-11(9)15-2/h3-5,8,14H,6-7,13H2,1-2H3. The van der Waals surface area contributed by atoms with Crippen LogP contribution < -0.4 is 15.8 Å². The summed E-state index contributed by atoms with van der Waals surface area (Å²) < 4.78 is 5.23. The summed E-state index contributed by atoms with van der Waals surface area (Å²) in [7, 11) is 1.65. The van der Waals surface area contributed by atoms with E-state index in [9.17, 15) is 0 Å². The van der Waals surface area contributed by atoms with E-state index < -0.39 is 0 Å². The number of benzene rings is 1. The van der Waals surface area contributed by atoms with Crippen LogP contribution >= 0.6 is 11.6 Å². The number of ether oxygens (including phenoxy) is 1. The molecule has 0 spiro atoms. The predicted molar refractivity (Wildman–Crippen MR) is 63.4 cm³/mol. The van der Waals surface area contributed by atoms with Gasteiger partial charge in [0.1, 0.15) is 5.75 Å². The van der Waals surface area contributed by atoms with Gasteiger partial charge >= 0.3 is 0 Å². The molecule has 1 atom stereocenters. The van der Waals surface area contributed by atoms with E-state index in [1.165, 1.54) is 0 Å². The molecule has 0 heterocycles. The van der Waals surface area contributed by atoms with Crippen LogP contribution in [0, 0.1) is 0 Å².